The number of anilines is 1. The van der Waals surface area contributed by atoms with E-state index in [0.29, 0.717) is 18.0 Å². The highest BCUT2D eigenvalue weighted by Gasteiger charge is 2.36. The Labute approximate surface area is 200 Å². The van der Waals surface area contributed by atoms with Crippen molar-refractivity contribution in [3.63, 3.8) is 0 Å². The summed E-state index contributed by atoms with van der Waals surface area (Å²) < 4.78 is 16.6. The van der Waals surface area contributed by atoms with Crippen LogP contribution >= 0.6 is 0 Å². The first-order valence-electron chi connectivity index (χ1n) is 11.7. The summed E-state index contributed by atoms with van der Waals surface area (Å²) in [6, 6.07) is 13.7. The maximum absolute atomic E-state index is 12.7. The van der Waals surface area contributed by atoms with E-state index in [1.165, 1.54) is 6.92 Å². The number of para-hydroxylation sites is 1. The Morgan fingerprint density at radius 2 is 1.76 bits per heavy atom. The molecule has 182 valence electrons. The van der Waals surface area contributed by atoms with Crippen LogP contribution in [0.25, 0.3) is 0 Å². The van der Waals surface area contributed by atoms with Crippen LogP contribution < -0.4 is 19.7 Å². The van der Waals surface area contributed by atoms with Crippen LogP contribution in [0.4, 0.5) is 10.5 Å². The Morgan fingerprint density at radius 1 is 1.06 bits per heavy atom. The van der Waals surface area contributed by atoms with Crippen LogP contribution in [-0.2, 0) is 16.1 Å². The number of benzene rings is 2. The molecule has 0 saturated carbocycles. The van der Waals surface area contributed by atoms with E-state index in [1.807, 2.05) is 41.3 Å². The highest BCUT2D eigenvalue weighted by Crippen LogP contribution is 2.35. The van der Waals surface area contributed by atoms with E-state index in [1.54, 1.807) is 14.2 Å². The molecule has 0 bridgehead atoms. The van der Waals surface area contributed by atoms with Gasteiger partial charge in [-0.05, 0) is 49.1 Å². The van der Waals surface area contributed by atoms with Gasteiger partial charge in [-0.2, -0.15) is 0 Å². The molecular formula is C26H33N3O5. The van der Waals surface area contributed by atoms with Crippen LogP contribution in [-0.4, -0.2) is 56.3 Å². The lowest BCUT2D eigenvalue weighted by molar-refractivity contribution is -0.150. The number of ether oxygens (including phenoxy) is 3. The van der Waals surface area contributed by atoms with Gasteiger partial charge in [-0.15, -0.1) is 0 Å². The number of fused-ring (bicyclic) bond motifs is 1. The molecule has 1 saturated heterocycles. The molecule has 1 fully saturated rings. The van der Waals surface area contributed by atoms with E-state index in [9.17, 15) is 9.59 Å². The number of esters is 1. The van der Waals surface area contributed by atoms with Crippen LogP contribution in [0.3, 0.4) is 0 Å². The first-order valence-corrected chi connectivity index (χ1v) is 11.7. The van der Waals surface area contributed by atoms with Gasteiger partial charge in [-0.3, -0.25) is 14.6 Å². The lowest BCUT2D eigenvalue weighted by Gasteiger charge is -2.43. The summed E-state index contributed by atoms with van der Waals surface area (Å²) in [6.07, 6.45) is 1.23. The van der Waals surface area contributed by atoms with Crippen LogP contribution in [0.1, 0.15) is 43.9 Å². The summed E-state index contributed by atoms with van der Waals surface area (Å²) >= 11 is 0. The van der Waals surface area contributed by atoms with Crippen molar-refractivity contribution in [1.29, 1.82) is 0 Å². The average molecular weight is 468 g/mol. The number of carbonyl (C=O) groups excluding carboxylic acids is 2. The van der Waals surface area contributed by atoms with Gasteiger partial charge >= 0.3 is 12.0 Å². The molecule has 2 aliphatic heterocycles. The van der Waals surface area contributed by atoms with E-state index in [-0.39, 0.29) is 24.1 Å². The molecule has 0 aliphatic carbocycles. The number of likely N-dealkylation sites (tertiary alicyclic amines) is 1. The van der Waals surface area contributed by atoms with Crippen molar-refractivity contribution in [2.45, 2.75) is 51.4 Å². The smallest absolute Gasteiger partial charge is 0.322 e. The van der Waals surface area contributed by atoms with Crippen molar-refractivity contribution in [2.24, 2.45) is 0 Å². The third-order valence-corrected chi connectivity index (χ3v) is 6.81. The quantitative estimate of drug-likeness (QED) is 0.623. The monoisotopic (exact) mass is 467 g/mol. The summed E-state index contributed by atoms with van der Waals surface area (Å²) in [5, 5.41) is 2.99. The molecule has 1 N–H and O–H groups in total. The second kappa shape index (κ2) is 10.3. The molecule has 8 heteroatoms. The second-order valence-electron chi connectivity index (χ2n) is 8.81. The van der Waals surface area contributed by atoms with Crippen LogP contribution in [0.2, 0.25) is 0 Å². The summed E-state index contributed by atoms with van der Waals surface area (Å²) in [6.45, 7) is 5.66. The van der Waals surface area contributed by atoms with Crippen LogP contribution in [0.15, 0.2) is 42.5 Å². The van der Waals surface area contributed by atoms with Gasteiger partial charge in [0, 0.05) is 38.6 Å². The number of urea groups is 1. The van der Waals surface area contributed by atoms with E-state index in [4.69, 9.17) is 14.2 Å². The van der Waals surface area contributed by atoms with Crippen molar-refractivity contribution >= 4 is 17.7 Å². The van der Waals surface area contributed by atoms with Gasteiger partial charge in [0.1, 0.15) is 6.10 Å². The minimum Gasteiger partial charge on any atom is -0.493 e. The number of nitrogens with one attached hydrogen (secondary N) is 1. The maximum Gasteiger partial charge on any atom is 0.322 e. The molecule has 0 unspecified atom stereocenters. The summed E-state index contributed by atoms with van der Waals surface area (Å²) in [5.74, 6) is 0.891. The zero-order valence-corrected chi connectivity index (χ0v) is 20.2. The minimum absolute atomic E-state index is 0.0340. The summed E-state index contributed by atoms with van der Waals surface area (Å²) in [7, 11) is 3.18. The van der Waals surface area contributed by atoms with Crippen LogP contribution in [0.5, 0.6) is 11.5 Å². The van der Waals surface area contributed by atoms with E-state index in [2.05, 4.69) is 23.2 Å². The zero-order chi connectivity index (χ0) is 24.2. The molecule has 2 aromatic carbocycles. The molecule has 0 spiro atoms. The first-order chi connectivity index (χ1) is 16.4. The Kier molecular flexibility index (Phi) is 7.26. The van der Waals surface area contributed by atoms with Gasteiger partial charge in [-0.25, -0.2) is 4.79 Å². The zero-order valence-electron chi connectivity index (χ0n) is 20.2. The fourth-order valence-electron chi connectivity index (χ4n) is 5.02. The number of carbonyl (C=O) groups is 2. The average Bonchev–Trinajstić information content (AvgIpc) is 2.86. The topological polar surface area (TPSA) is 80.3 Å². The highest BCUT2D eigenvalue weighted by molar-refractivity contribution is 5.95. The highest BCUT2D eigenvalue weighted by atomic mass is 16.5. The van der Waals surface area contributed by atoms with Gasteiger partial charge in [0.25, 0.3) is 0 Å². The predicted octanol–water partition coefficient (Wildman–Crippen LogP) is 3.89. The third kappa shape index (κ3) is 4.82. The maximum atomic E-state index is 12.7. The van der Waals surface area contributed by atoms with Gasteiger partial charge in [0.05, 0.1) is 19.9 Å². The molecular weight excluding hydrogens is 434 g/mol. The molecule has 8 nitrogen and oxygen atoms in total. The number of hydrogen-bond donors (Lipinski definition) is 1. The van der Waals surface area contributed by atoms with Crippen LogP contribution in [0, 0.1) is 0 Å². The molecule has 2 amide bonds. The largest absolute Gasteiger partial charge is 0.493 e. The first kappa shape index (κ1) is 23.9. The molecule has 2 heterocycles. The Morgan fingerprint density at radius 3 is 2.44 bits per heavy atom. The number of piperidine rings is 1. The Hall–Kier alpha value is -3.26. The third-order valence-electron chi connectivity index (χ3n) is 6.81. The predicted molar refractivity (Wildman–Crippen MR) is 129 cm³/mol. The molecule has 34 heavy (non-hydrogen) atoms. The van der Waals surface area contributed by atoms with Crippen molar-refractivity contribution in [1.82, 2.24) is 10.2 Å². The van der Waals surface area contributed by atoms with Gasteiger partial charge in [0.15, 0.2) is 11.5 Å². The number of methoxy groups -OCH3 is 2. The summed E-state index contributed by atoms with van der Waals surface area (Å²) in [4.78, 5) is 28.9. The molecule has 0 radical (unpaired) electrons. The fourth-order valence-corrected chi connectivity index (χ4v) is 5.02. The fraction of sp³-hybridized carbons (Fsp3) is 0.462. The number of hydrogen-bond acceptors (Lipinski definition) is 6. The van der Waals surface area contributed by atoms with Gasteiger partial charge in [-0.1, -0.05) is 24.3 Å². The van der Waals surface area contributed by atoms with E-state index < -0.39 is 6.10 Å². The van der Waals surface area contributed by atoms with Gasteiger partial charge in [0.2, 0.25) is 0 Å². The molecule has 2 aromatic rings. The number of nitrogens with zero attached hydrogens (tertiary/aromatic N) is 2. The van der Waals surface area contributed by atoms with E-state index in [0.717, 1.165) is 42.7 Å². The van der Waals surface area contributed by atoms with E-state index >= 15 is 0 Å². The van der Waals surface area contributed by atoms with Crippen molar-refractivity contribution in [3.05, 3.63) is 53.6 Å². The van der Waals surface area contributed by atoms with Crippen molar-refractivity contribution in [2.75, 3.05) is 32.2 Å². The second-order valence-corrected chi connectivity index (χ2v) is 8.81. The summed E-state index contributed by atoms with van der Waals surface area (Å²) in [5.41, 5.74) is 2.99. The van der Waals surface area contributed by atoms with Crippen molar-refractivity contribution in [3.8, 4) is 11.5 Å². The standard InChI is InChI=1S/C26H33N3O5/c1-17(25(34-18(2)30)19-9-10-23(32-3)24(15-19)33-4)28-13-11-21(12-14-28)29-22-8-6-5-7-20(22)16-27-26(29)31/h5-10,15,17,21,25H,11-14,16H2,1-4H3,(H,27,31)/t17-,25+/m1/s1. The van der Waals surface area contributed by atoms with Gasteiger partial charge < -0.3 is 19.5 Å². The normalized spacial score (nSPS) is 18.5. The lowest BCUT2D eigenvalue weighted by Crippen LogP contribution is -2.54. The minimum atomic E-state index is -0.451. The Balaban J connectivity index is 1.49. The number of amides is 2. The SMILES string of the molecule is COc1ccc([C@@H](OC(C)=O)[C@@H](C)N2CCC(N3C(=O)NCc4ccccc43)CC2)cc1OC. The molecule has 0 aromatic heterocycles. The Bertz CT molecular complexity index is 1030. The lowest BCUT2D eigenvalue weighted by atomic mass is 9.96. The van der Waals surface area contributed by atoms with Crippen molar-refractivity contribution < 1.29 is 23.8 Å². The molecule has 2 aliphatic rings. The number of rotatable bonds is 7. The molecule has 2 atom stereocenters. The molecule has 4 rings (SSSR count).